The molecule has 1 atom stereocenters. The zero-order valence-electron chi connectivity index (χ0n) is 8.32. The fourth-order valence-corrected chi connectivity index (χ4v) is 0.928. The molecule has 0 amide bonds. The van der Waals surface area contributed by atoms with Gasteiger partial charge in [-0.3, -0.25) is 4.79 Å². The van der Waals surface area contributed by atoms with Crippen LogP contribution in [0.15, 0.2) is 17.2 Å². The highest BCUT2D eigenvalue weighted by molar-refractivity contribution is 5.30. The van der Waals surface area contributed by atoms with Crippen molar-refractivity contribution >= 4 is 5.82 Å². The summed E-state index contributed by atoms with van der Waals surface area (Å²) >= 11 is 0. The highest BCUT2D eigenvalue weighted by Gasteiger charge is 2.37. The summed E-state index contributed by atoms with van der Waals surface area (Å²) in [7, 11) is 1.44. The molecule has 0 bridgehead atoms. The molecule has 1 aromatic heterocycles. The number of aliphatic hydroxyl groups excluding tert-OH is 1. The summed E-state index contributed by atoms with van der Waals surface area (Å²) < 4.78 is 37.0. The lowest BCUT2D eigenvalue weighted by Gasteiger charge is -2.15. The molecule has 90 valence electrons. The Kier molecular flexibility index (Phi) is 3.53. The number of hydrogen-bond acceptors (Lipinski definition) is 4. The first kappa shape index (κ1) is 12.5. The molecule has 1 aromatic rings. The molecular weight excluding hydrogens is 227 g/mol. The number of aromatic nitrogens is 2. The topological polar surface area (TPSA) is 67.2 Å². The normalized spacial score (nSPS) is 13.6. The van der Waals surface area contributed by atoms with Gasteiger partial charge in [-0.2, -0.15) is 13.2 Å². The van der Waals surface area contributed by atoms with Gasteiger partial charge in [-0.15, -0.1) is 0 Å². The van der Waals surface area contributed by atoms with E-state index < -0.39 is 24.4 Å². The van der Waals surface area contributed by atoms with Gasteiger partial charge in [-0.1, -0.05) is 0 Å². The summed E-state index contributed by atoms with van der Waals surface area (Å²) in [6.07, 6.45) is -4.61. The third-order valence-electron chi connectivity index (χ3n) is 1.86. The van der Waals surface area contributed by atoms with Gasteiger partial charge in [0.2, 0.25) is 0 Å². The van der Waals surface area contributed by atoms with Crippen LogP contribution >= 0.6 is 0 Å². The van der Waals surface area contributed by atoms with Crippen molar-refractivity contribution in [2.24, 2.45) is 7.05 Å². The van der Waals surface area contributed by atoms with Crippen molar-refractivity contribution in [3.05, 3.63) is 22.7 Å². The molecule has 0 spiro atoms. The van der Waals surface area contributed by atoms with Gasteiger partial charge in [0.05, 0.1) is 6.54 Å². The van der Waals surface area contributed by atoms with Gasteiger partial charge in [0.25, 0.3) is 5.56 Å². The van der Waals surface area contributed by atoms with Gasteiger partial charge in [0.15, 0.2) is 11.9 Å². The van der Waals surface area contributed by atoms with Crippen LogP contribution in [0.5, 0.6) is 0 Å². The molecule has 16 heavy (non-hydrogen) atoms. The minimum atomic E-state index is -4.72. The van der Waals surface area contributed by atoms with E-state index in [9.17, 15) is 18.0 Å². The van der Waals surface area contributed by atoms with Crippen LogP contribution in [0.3, 0.4) is 0 Å². The van der Waals surface area contributed by atoms with Crippen molar-refractivity contribution in [1.82, 2.24) is 9.55 Å². The smallest absolute Gasteiger partial charge is 0.382 e. The van der Waals surface area contributed by atoms with Gasteiger partial charge in [-0.05, 0) is 0 Å². The Bertz CT molecular complexity index is 416. The molecular formula is C8H10F3N3O2. The van der Waals surface area contributed by atoms with Crippen molar-refractivity contribution in [2.75, 3.05) is 11.9 Å². The van der Waals surface area contributed by atoms with Crippen molar-refractivity contribution in [3.63, 3.8) is 0 Å². The van der Waals surface area contributed by atoms with Gasteiger partial charge in [-0.25, -0.2) is 4.98 Å². The lowest BCUT2D eigenvalue weighted by molar-refractivity contribution is -0.198. The highest BCUT2D eigenvalue weighted by Crippen LogP contribution is 2.19. The number of aryl methyl sites for hydroxylation is 1. The molecule has 8 heteroatoms. The van der Waals surface area contributed by atoms with Crippen LogP contribution in [0, 0.1) is 0 Å². The van der Waals surface area contributed by atoms with Crippen LogP contribution in [0.1, 0.15) is 0 Å². The lowest BCUT2D eigenvalue weighted by Crippen LogP contribution is -2.36. The summed E-state index contributed by atoms with van der Waals surface area (Å²) in [6.45, 7) is -0.810. The quantitative estimate of drug-likeness (QED) is 0.783. The van der Waals surface area contributed by atoms with E-state index in [4.69, 9.17) is 5.11 Å². The van der Waals surface area contributed by atoms with E-state index in [0.717, 1.165) is 4.57 Å². The summed E-state index contributed by atoms with van der Waals surface area (Å²) in [5.41, 5.74) is -0.558. The van der Waals surface area contributed by atoms with Gasteiger partial charge in [0.1, 0.15) is 0 Å². The molecule has 0 aromatic carbocycles. The molecule has 5 nitrogen and oxygen atoms in total. The van der Waals surface area contributed by atoms with Crippen molar-refractivity contribution in [3.8, 4) is 0 Å². The van der Waals surface area contributed by atoms with Crippen molar-refractivity contribution < 1.29 is 18.3 Å². The zero-order valence-corrected chi connectivity index (χ0v) is 8.32. The molecule has 1 rings (SSSR count). The predicted octanol–water partition coefficient (Wildman–Crippen LogP) is 0.115. The van der Waals surface area contributed by atoms with E-state index in [1.54, 1.807) is 0 Å². The number of nitrogens with one attached hydrogen (secondary N) is 1. The maximum atomic E-state index is 11.9. The molecule has 0 aliphatic carbocycles. The minimum absolute atomic E-state index is 0.228. The Morgan fingerprint density at radius 3 is 2.81 bits per heavy atom. The van der Waals surface area contributed by atoms with Gasteiger partial charge in [0, 0.05) is 19.4 Å². The number of halogens is 3. The average molecular weight is 237 g/mol. The van der Waals surface area contributed by atoms with Crippen molar-refractivity contribution in [2.45, 2.75) is 12.3 Å². The van der Waals surface area contributed by atoms with E-state index in [1.807, 2.05) is 0 Å². The van der Waals surface area contributed by atoms with E-state index in [-0.39, 0.29) is 5.82 Å². The first-order chi connectivity index (χ1) is 7.32. The standard InChI is InChI=1S/C8H10F3N3O2/c1-14-3-2-12-6(7(14)16)13-4-5(15)8(9,10)11/h2-3,5,15H,4H2,1H3,(H,12,13). The second-order valence-corrected chi connectivity index (χ2v) is 3.13. The Morgan fingerprint density at radius 2 is 2.25 bits per heavy atom. The maximum Gasteiger partial charge on any atom is 0.416 e. The van der Waals surface area contributed by atoms with Crippen LogP contribution in [-0.2, 0) is 7.05 Å². The van der Waals surface area contributed by atoms with E-state index in [2.05, 4.69) is 10.3 Å². The molecule has 0 aliphatic rings. The van der Waals surface area contributed by atoms with Gasteiger partial charge >= 0.3 is 6.18 Å². The Labute approximate surface area is 88.5 Å². The Hall–Kier alpha value is -1.57. The van der Waals surface area contributed by atoms with Crippen LogP contribution in [-0.4, -0.2) is 33.5 Å². The number of hydrogen-bond donors (Lipinski definition) is 2. The first-order valence-electron chi connectivity index (χ1n) is 4.32. The van der Waals surface area contributed by atoms with Gasteiger partial charge < -0.3 is 15.0 Å². The third kappa shape index (κ3) is 2.96. The molecule has 0 fully saturated rings. The predicted molar refractivity (Wildman–Crippen MR) is 50.0 cm³/mol. The number of aliphatic hydroxyl groups is 1. The molecule has 2 N–H and O–H groups in total. The largest absolute Gasteiger partial charge is 0.416 e. The van der Waals surface area contributed by atoms with Crippen LogP contribution in [0.25, 0.3) is 0 Å². The monoisotopic (exact) mass is 237 g/mol. The van der Waals surface area contributed by atoms with E-state index in [1.165, 1.54) is 19.4 Å². The lowest BCUT2D eigenvalue weighted by atomic mass is 10.3. The summed E-state index contributed by atoms with van der Waals surface area (Å²) in [6, 6.07) is 0. The first-order valence-corrected chi connectivity index (χ1v) is 4.32. The fourth-order valence-electron chi connectivity index (χ4n) is 0.928. The maximum absolute atomic E-state index is 11.9. The van der Waals surface area contributed by atoms with E-state index >= 15 is 0 Å². The third-order valence-corrected chi connectivity index (χ3v) is 1.86. The van der Waals surface area contributed by atoms with Crippen LogP contribution < -0.4 is 10.9 Å². The molecule has 0 aliphatic heterocycles. The second kappa shape index (κ2) is 4.52. The fraction of sp³-hybridized carbons (Fsp3) is 0.500. The number of nitrogens with zero attached hydrogens (tertiary/aromatic N) is 2. The highest BCUT2D eigenvalue weighted by atomic mass is 19.4. The molecule has 0 saturated carbocycles. The summed E-state index contributed by atoms with van der Waals surface area (Å²) in [4.78, 5) is 14.9. The molecule has 1 unspecified atom stereocenters. The molecule has 1 heterocycles. The van der Waals surface area contributed by atoms with E-state index in [0.29, 0.717) is 0 Å². The summed E-state index contributed by atoms with van der Waals surface area (Å²) in [5.74, 6) is -0.228. The number of rotatable bonds is 3. The van der Waals surface area contributed by atoms with Crippen LogP contribution in [0.4, 0.5) is 19.0 Å². The molecule has 0 radical (unpaired) electrons. The second-order valence-electron chi connectivity index (χ2n) is 3.13. The number of anilines is 1. The zero-order chi connectivity index (χ0) is 12.3. The Balaban J connectivity index is 2.69. The van der Waals surface area contributed by atoms with Crippen LogP contribution in [0.2, 0.25) is 0 Å². The van der Waals surface area contributed by atoms with Crippen molar-refractivity contribution in [1.29, 1.82) is 0 Å². The SMILES string of the molecule is Cn1ccnc(NCC(O)C(F)(F)F)c1=O. The molecule has 0 saturated heterocycles. The Morgan fingerprint density at radius 1 is 1.62 bits per heavy atom. The minimum Gasteiger partial charge on any atom is -0.382 e. The summed E-state index contributed by atoms with van der Waals surface area (Å²) in [5, 5.41) is 10.8. The average Bonchev–Trinajstić information content (AvgIpc) is 2.18. The number of alkyl halides is 3.